The number of hydrogen-bond acceptors (Lipinski definition) is 3. The van der Waals surface area contributed by atoms with Gasteiger partial charge < -0.3 is 14.6 Å². The number of benzene rings is 1. The molecule has 1 aromatic rings. The van der Waals surface area contributed by atoms with Crippen LogP contribution in [0.5, 0.6) is 0 Å². The Morgan fingerprint density at radius 1 is 1.39 bits per heavy atom. The molecule has 0 amide bonds. The summed E-state index contributed by atoms with van der Waals surface area (Å²) in [5.41, 5.74) is 1.46. The van der Waals surface area contributed by atoms with Gasteiger partial charge in [0.15, 0.2) is 0 Å². The monoisotopic (exact) mass is 256 g/mol. The van der Waals surface area contributed by atoms with Crippen LogP contribution < -0.4 is 34.7 Å². The van der Waals surface area contributed by atoms with E-state index in [1.807, 2.05) is 24.3 Å². The van der Waals surface area contributed by atoms with E-state index >= 15 is 0 Å². The van der Waals surface area contributed by atoms with Crippen LogP contribution in [-0.4, -0.2) is 12.1 Å². The summed E-state index contributed by atoms with van der Waals surface area (Å²) >= 11 is 0. The quantitative estimate of drug-likeness (QED) is 0.474. The van der Waals surface area contributed by atoms with Crippen LogP contribution in [0.25, 0.3) is 0 Å². The summed E-state index contributed by atoms with van der Waals surface area (Å²) in [5, 5.41) is 10.7. The molecule has 1 fully saturated rings. The van der Waals surface area contributed by atoms with Crippen LogP contribution in [0, 0.1) is 5.92 Å². The van der Waals surface area contributed by atoms with E-state index in [-0.39, 0.29) is 29.6 Å². The predicted molar refractivity (Wildman–Crippen MR) is 62.2 cm³/mol. The molecule has 0 spiro atoms. The second-order valence-corrected chi connectivity index (χ2v) is 5.22. The Kier molecular flexibility index (Phi) is 5.01. The predicted octanol–water partition coefficient (Wildman–Crippen LogP) is -1.75. The van der Waals surface area contributed by atoms with E-state index in [0.717, 1.165) is 12.0 Å². The van der Waals surface area contributed by atoms with Crippen molar-refractivity contribution in [1.82, 2.24) is 0 Å². The molecule has 0 N–H and O–H groups in total. The second-order valence-electron chi connectivity index (χ2n) is 5.22. The molecule has 1 heterocycles. The average molecular weight is 256 g/mol. The fourth-order valence-corrected chi connectivity index (χ4v) is 2.15. The van der Waals surface area contributed by atoms with Gasteiger partial charge in [-0.05, 0) is 30.4 Å². The largest absolute Gasteiger partial charge is 1.00 e. The van der Waals surface area contributed by atoms with Gasteiger partial charge in [-0.25, -0.2) is 0 Å². The third-order valence-electron chi connectivity index (χ3n) is 3.19. The SMILES string of the molecule is CC(C)Cc1ccc(C2(C)OC2C(=O)[O-])cc1.[Na+]. The molecule has 1 aliphatic rings. The molecule has 4 heteroatoms. The van der Waals surface area contributed by atoms with Gasteiger partial charge in [-0.1, -0.05) is 38.1 Å². The zero-order chi connectivity index (χ0) is 12.6. The molecule has 2 atom stereocenters. The van der Waals surface area contributed by atoms with E-state index in [1.54, 1.807) is 6.92 Å². The molecule has 2 rings (SSSR count). The molecule has 0 aliphatic carbocycles. The van der Waals surface area contributed by atoms with E-state index in [4.69, 9.17) is 4.74 Å². The first-order chi connectivity index (χ1) is 7.93. The Morgan fingerprint density at radius 3 is 2.33 bits per heavy atom. The van der Waals surface area contributed by atoms with Crippen LogP contribution in [0.1, 0.15) is 31.9 Å². The maximum atomic E-state index is 10.7. The zero-order valence-electron chi connectivity index (χ0n) is 11.4. The summed E-state index contributed by atoms with van der Waals surface area (Å²) in [5.74, 6) is -0.525. The van der Waals surface area contributed by atoms with Crippen LogP contribution in [0.15, 0.2) is 24.3 Å². The van der Waals surface area contributed by atoms with Crippen molar-refractivity contribution in [3.8, 4) is 0 Å². The van der Waals surface area contributed by atoms with Gasteiger partial charge in [-0.2, -0.15) is 0 Å². The van der Waals surface area contributed by atoms with E-state index in [9.17, 15) is 9.90 Å². The van der Waals surface area contributed by atoms with E-state index in [2.05, 4.69) is 13.8 Å². The number of carboxylic acid groups (broad SMARTS) is 1. The van der Waals surface area contributed by atoms with Gasteiger partial charge in [0.2, 0.25) is 0 Å². The standard InChI is InChI=1S/C14H18O3.Na/c1-9(2)8-10-4-6-11(7-5-10)14(3)12(17-14)13(15)16;/h4-7,9,12H,8H2,1-3H3,(H,15,16);/q;+1/p-1. The minimum atomic E-state index is -1.14. The van der Waals surface area contributed by atoms with Crippen LogP contribution >= 0.6 is 0 Å². The van der Waals surface area contributed by atoms with Crippen molar-refractivity contribution in [3.63, 3.8) is 0 Å². The molecule has 2 unspecified atom stereocenters. The van der Waals surface area contributed by atoms with Crippen molar-refractivity contribution in [2.45, 2.75) is 38.9 Å². The minimum Gasteiger partial charge on any atom is -0.547 e. The molecule has 0 saturated carbocycles. The number of hydrogen-bond donors (Lipinski definition) is 0. The summed E-state index contributed by atoms with van der Waals surface area (Å²) in [4.78, 5) is 10.7. The van der Waals surface area contributed by atoms with Gasteiger partial charge >= 0.3 is 29.6 Å². The van der Waals surface area contributed by atoms with Crippen LogP contribution in [0.3, 0.4) is 0 Å². The molecule has 0 radical (unpaired) electrons. The van der Waals surface area contributed by atoms with Gasteiger partial charge in [-0.3, -0.25) is 0 Å². The Balaban J connectivity index is 0.00000162. The molecule has 92 valence electrons. The van der Waals surface area contributed by atoms with Gasteiger partial charge in [0.1, 0.15) is 11.7 Å². The first-order valence-electron chi connectivity index (χ1n) is 5.91. The molecule has 0 bridgehead atoms. The fourth-order valence-electron chi connectivity index (χ4n) is 2.15. The van der Waals surface area contributed by atoms with Crippen LogP contribution in [-0.2, 0) is 21.6 Å². The maximum absolute atomic E-state index is 10.7. The topological polar surface area (TPSA) is 52.7 Å². The van der Waals surface area contributed by atoms with E-state index < -0.39 is 17.7 Å². The smallest absolute Gasteiger partial charge is 0.547 e. The first kappa shape index (κ1) is 15.7. The zero-order valence-corrected chi connectivity index (χ0v) is 13.4. The number of aliphatic carboxylic acids is 1. The Hall–Kier alpha value is -0.350. The average Bonchev–Trinajstić information content (AvgIpc) is 2.92. The third kappa shape index (κ3) is 3.15. The minimum absolute atomic E-state index is 0. The molecule has 1 aliphatic heterocycles. The molecular weight excluding hydrogens is 239 g/mol. The number of carboxylic acids is 1. The number of carbonyl (C=O) groups excluding carboxylic acids is 1. The number of ether oxygens (including phenoxy) is 1. The van der Waals surface area contributed by atoms with Crippen molar-refractivity contribution < 1.29 is 44.2 Å². The summed E-state index contributed by atoms with van der Waals surface area (Å²) in [6.07, 6.45) is 0.223. The summed E-state index contributed by atoms with van der Waals surface area (Å²) in [6.45, 7) is 6.13. The van der Waals surface area contributed by atoms with Crippen LogP contribution in [0.2, 0.25) is 0 Å². The Labute approximate surface area is 130 Å². The first-order valence-corrected chi connectivity index (χ1v) is 5.91. The fraction of sp³-hybridized carbons (Fsp3) is 0.500. The van der Waals surface area contributed by atoms with Crippen molar-refractivity contribution in [3.05, 3.63) is 35.4 Å². The molecule has 0 aromatic heterocycles. The van der Waals surface area contributed by atoms with Gasteiger partial charge in [-0.15, -0.1) is 0 Å². The van der Waals surface area contributed by atoms with Crippen molar-refractivity contribution >= 4 is 5.97 Å². The van der Waals surface area contributed by atoms with Crippen molar-refractivity contribution in [2.75, 3.05) is 0 Å². The number of carbonyl (C=O) groups is 1. The summed E-state index contributed by atoms with van der Waals surface area (Å²) in [7, 11) is 0. The van der Waals surface area contributed by atoms with Crippen molar-refractivity contribution in [1.29, 1.82) is 0 Å². The normalized spacial score (nSPS) is 25.7. The molecular formula is C14H17NaO3. The van der Waals surface area contributed by atoms with Crippen LogP contribution in [0.4, 0.5) is 0 Å². The third-order valence-corrected chi connectivity index (χ3v) is 3.19. The molecule has 1 aromatic carbocycles. The summed E-state index contributed by atoms with van der Waals surface area (Å²) < 4.78 is 5.21. The molecule has 18 heavy (non-hydrogen) atoms. The van der Waals surface area contributed by atoms with Gasteiger partial charge in [0.05, 0.1) is 5.97 Å². The Bertz CT molecular complexity index is 427. The van der Waals surface area contributed by atoms with Gasteiger partial charge in [0.25, 0.3) is 0 Å². The van der Waals surface area contributed by atoms with Gasteiger partial charge in [0, 0.05) is 0 Å². The summed E-state index contributed by atoms with van der Waals surface area (Å²) in [6, 6.07) is 7.96. The van der Waals surface area contributed by atoms with E-state index in [0.29, 0.717) is 5.92 Å². The van der Waals surface area contributed by atoms with Crippen molar-refractivity contribution in [2.24, 2.45) is 5.92 Å². The maximum Gasteiger partial charge on any atom is 1.00 e. The Morgan fingerprint density at radius 2 is 1.94 bits per heavy atom. The molecule has 3 nitrogen and oxygen atoms in total. The molecule has 1 saturated heterocycles. The number of epoxide rings is 1. The number of rotatable bonds is 4. The van der Waals surface area contributed by atoms with E-state index in [1.165, 1.54) is 5.56 Å². The second kappa shape index (κ2) is 5.74.